The highest BCUT2D eigenvalue weighted by Crippen LogP contribution is 2.29. The molecule has 0 bridgehead atoms. The van der Waals surface area contributed by atoms with Crippen LogP contribution in [-0.4, -0.2) is 32.8 Å². The highest BCUT2D eigenvalue weighted by Gasteiger charge is 2.36. The summed E-state index contributed by atoms with van der Waals surface area (Å²) in [6.45, 7) is 1.39. The molecule has 114 valence electrons. The van der Waals surface area contributed by atoms with Gasteiger partial charge in [-0.05, 0) is 47.3 Å². The summed E-state index contributed by atoms with van der Waals surface area (Å²) in [6, 6.07) is 5.28. The number of hydrogen-bond acceptors (Lipinski definition) is 3. The standard InChI is InChI=1S/C16H16BrN3O2/c17-13-6-4-5-12-14(13)16(22)20(15(12)21)9-3-1-2-8-19-10-7-18-11-19/h4-7,10-11H,1-3,8-9H2. The van der Waals surface area contributed by atoms with Crippen LogP contribution in [0.5, 0.6) is 0 Å². The van der Waals surface area contributed by atoms with Gasteiger partial charge < -0.3 is 4.57 Å². The molecule has 2 heterocycles. The Bertz CT molecular complexity index is 697. The van der Waals surface area contributed by atoms with Gasteiger partial charge in [0.1, 0.15) is 0 Å². The SMILES string of the molecule is O=C1c2cccc(Br)c2C(=O)N1CCCCCn1ccnc1. The van der Waals surface area contributed by atoms with Gasteiger partial charge in [-0.25, -0.2) is 4.98 Å². The number of hydrogen-bond donors (Lipinski definition) is 0. The molecule has 0 saturated carbocycles. The van der Waals surface area contributed by atoms with Crippen molar-refractivity contribution in [3.8, 4) is 0 Å². The molecular weight excluding hydrogens is 346 g/mol. The van der Waals surface area contributed by atoms with E-state index in [-0.39, 0.29) is 11.8 Å². The van der Waals surface area contributed by atoms with Crippen molar-refractivity contribution in [3.05, 3.63) is 52.5 Å². The average Bonchev–Trinajstić information content (AvgIpc) is 3.10. The Morgan fingerprint density at radius 2 is 1.86 bits per heavy atom. The van der Waals surface area contributed by atoms with E-state index in [0.29, 0.717) is 22.1 Å². The van der Waals surface area contributed by atoms with Crippen LogP contribution in [0, 0.1) is 0 Å². The lowest BCUT2D eigenvalue weighted by Gasteiger charge is -2.13. The second-order valence-corrected chi connectivity index (χ2v) is 6.14. The van der Waals surface area contributed by atoms with E-state index in [9.17, 15) is 9.59 Å². The summed E-state index contributed by atoms with van der Waals surface area (Å²) >= 11 is 3.35. The molecule has 1 aliphatic rings. The maximum absolute atomic E-state index is 12.3. The number of aromatic nitrogens is 2. The van der Waals surface area contributed by atoms with Crippen molar-refractivity contribution in [3.63, 3.8) is 0 Å². The summed E-state index contributed by atoms with van der Waals surface area (Å²) in [6.07, 6.45) is 8.27. The molecule has 1 aliphatic heterocycles. The number of halogens is 1. The van der Waals surface area contributed by atoms with Gasteiger partial charge in [0.05, 0.1) is 17.5 Å². The van der Waals surface area contributed by atoms with E-state index in [1.807, 2.05) is 10.8 Å². The number of imide groups is 1. The summed E-state index contributed by atoms with van der Waals surface area (Å²) in [5.74, 6) is -0.377. The third-order valence-corrected chi connectivity index (χ3v) is 4.47. The molecule has 5 nitrogen and oxygen atoms in total. The van der Waals surface area contributed by atoms with Crippen LogP contribution >= 0.6 is 15.9 Å². The number of nitrogens with zero attached hydrogens (tertiary/aromatic N) is 3. The highest BCUT2D eigenvalue weighted by molar-refractivity contribution is 9.10. The second-order valence-electron chi connectivity index (χ2n) is 5.29. The van der Waals surface area contributed by atoms with E-state index in [1.165, 1.54) is 4.90 Å². The zero-order valence-electron chi connectivity index (χ0n) is 12.0. The topological polar surface area (TPSA) is 55.2 Å². The van der Waals surface area contributed by atoms with E-state index >= 15 is 0 Å². The maximum atomic E-state index is 12.3. The Balaban J connectivity index is 1.53. The van der Waals surface area contributed by atoms with Crippen molar-refractivity contribution < 1.29 is 9.59 Å². The second kappa shape index (κ2) is 6.44. The Labute approximate surface area is 137 Å². The molecule has 1 aromatic heterocycles. The van der Waals surface area contributed by atoms with E-state index in [2.05, 4.69) is 20.9 Å². The largest absolute Gasteiger partial charge is 0.337 e. The van der Waals surface area contributed by atoms with Crippen LogP contribution in [-0.2, 0) is 6.54 Å². The van der Waals surface area contributed by atoms with Crippen LogP contribution in [0.2, 0.25) is 0 Å². The number of unbranched alkanes of at least 4 members (excludes halogenated alkanes) is 2. The normalized spacial score (nSPS) is 13.8. The van der Waals surface area contributed by atoms with Crippen LogP contribution in [0.4, 0.5) is 0 Å². The van der Waals surface area contributed by atoms with Gasteiger partial charge in [-0.3, -0.25) is 14.5 Å². The highest BCUT2D eigenvalue weighted by atomic mass is 79.9. The summed E-state index contributed by atoms with van der Waals surface area (Å²) in [4.78, 5) is 30.0. The molecule has 0 aliphatic carbocycles. The summed E-state index contributed by atoms with van der Waals surface area (Å²) in [5.41, 5.74) is 0.990. The Kier molecular flexibility index (Phi) is 4.38. The molecule has 6 heteroatoms. The van der Waals surface area contributed by atoms with Crippen LogP contribution in [0.25, 0.3) is 0 Å². The predicted molar refractivity (Wildman–Crippen MR) is 85.6 cm³/mol. The Morgan fingerprint density at radius 3 is 2.59 bits per heavy atom. The third kappa shape index (κ3) is 2.83. The Morgan fingerprint density at radius 1 is 1.05 bits per heavy atom. The van der Waals surface area contributed by atoms with Crippen LogP contribution in [0.3, 0.4) is 0 Å². The van der Waals surface area contributed by atoms with Crippen molar-refractivity contribution in [2.75, 3.05) is 6.54 Å². The van der Waals surface area contributed by atoms with Crippen molar-refractivity contribution in [1.82, 2.24) is 14.5 Å². The number of amides is 2. The first kappa shape index (κ1) is 15.0. The lowest BCUT2D eigenvalue weighted by Crippen LogP contribution is -2.30. The lowest BCUT2D eigenvalue weighted by atomic mass is 10.1. The maximum Gasteiger partial charge on any atom is 0.262 e. The van der Waals surface area contributed by atoms with Gasteiger partial charge in [0, 0.05) is 30.0 Å². The number of aryl methyl sites for hydroxylation is 1. The first-order valence-electron chi connectivity index (χ1n) is 7.29. The molecule has 2 amide bonds. The molecule has 1 aromatic carbocycles. The van der Waals surface area contributed by atoms with Gasteiger partial charge in [-0.1, -0.05) is 6.07 Å². The molecule has 0 spiro atoms. The predicted octanol–water partition coefficient (Wildman–Crippen LogP) is 3.11. The fraction of sp³-hybridized carbons (Fsp3) is 0.312. The molecular formula is C16H16BrN3O2. The van der Waals surface area contributed by atoms with Gasteiger partial charge in [-0.15, -0.1) is 0 Å². The first-order chi connectivity index (χ1) is 10.7. The molecule has 22 heavy (non-hydrogen) atoms. The molecule has 2 aromatic rings. The fourth-order valence-corrected chi connectivity index (χ4v) is 3.19. The fourth-order valence-electron chi connectivity index (χ4n) is 2.66. The average molecular weight is 362 g/mol. The number of rotatable bonds is 6. The van der Waals surface area contributed by atoms with Crippen molar-refractivity contribution in [2.45, 2.75) is 25.8 Å². The first-order valence-corrected chi connectivity index (χ1v) is 8.08. The van der Waals surface area contributed by atoms with E-state index in [1.54, 1.807) is 30.7 Å². The molecule has 0 unspecified atom stereocenters. The van der Waals surface area contributed by atoms with Gasteiger partial charge in [0.2, 0.25) is 0 Å². The zero-order valence-corrected chi connectivity index (χ0v) is 13.6. The molecule has 0 N–H and O–H groups in total. The summed E-state index contributed by atoms with van der Waals surface area (Å²) in [7, 11) is 0. The third-order valence-electron chi connectivity index (χ3n) is 3.81. The minimum absolute atomic E-state index is 0.184. The number of imidazole rings is 1. The summed E-state index contributed by atoms with van der Waals surface area (Å²) in [5, 5.41) is 0. The van der Waals surface area contributed by atoms with Crippen molar-refractivity contribution in [2.24, 2.45) is 0 Å². The van der Waals surface area contributed by atoms with E-state index in [0.717, 1.165) is 25.8 Å². The minimum Gasteiger partial charge on any atom is -0.337 e. The Hall–Kier alpha value is -1.95. The van der Waals surface area contributed by atoms with Gasteiger partial charge in [0.15, 0.2) is 0 Å². The zero-order chi connectivity index (χ0) is 15.5. The van der Waals surface area contributed by atoms with Crippen LogP contribution in [0.15, 0.2) is 41.4 Å². The minimum atomic E-state index is -0.193. The molecule has 0 radical (unpaired) electrons. The van der Waals surface area contributed by atoms with E-state index in [4.69, 9.17) is 0 Å². The molecule has 0 atom stereocenters. The summed E-state index contributed by atoms with van der Waals surface area (Å²) < 4.78 is 2.71. The molecule has 0 saturated heterocycles. The van der Waals surface area contributed by atoms with Gasteiger partial charge in [-0.2, -0.15) is 0 Å². The smallest absolute Gasteiger partial charge is 0.262 e. The van der Waals surface area contributed by atoms with Crippen LogP contribution < -0.4 is 0 Å². The molecule has 3 rings (SSSR count). The van der Waals surface area contributed by atoms with Crippen molar-refractivity contribution in [1.29, 1.82) is 0 Å². The number of carbonyl (C=O) groups is 2. The van der Waals surface area contributed by atoms with E-state index < -0.39 is 0 Å². The van der Waals surface area contributed by atoms with Crippen LogP contribution in [0.1, 0.15) is 40.0 Å². The molecule has 0 fully saturated rings. The van der Waals surface area contributed by atoms with Crippen molar-refractivity contribution >= 4 is 27.7 Å². The number of fused-ring (bicyclic) bond motifs is 1. The monoisotopic (exact) mass is 361 g/mol. The number of benzene rings is 1. The number of carbonyl (C=O) groups excluding carboxylic acids is 2. The van der Waals surface area contributed by atoms with Gasteiger partial charge in [0.25, 0.3) is 11.8 Å². The lowest BCUT2D eigenvalue weighted by molar-refractivity contribution is 0.0651. The van der Waals surface area contributed by atoms with Gasteiger partial charge >= 0.3 is 0 Å². The quantitative estimate of drug-likeness (QED) is 0.586.